The average molecular weight is 285 g/mol. The molecule has 2 aromatic rings. The second-order valence-electron chi connectivity index (χ2n) is 6.57. The van der Waals surface area contributed by atoms with E-state index in [1.807, 2.05) is 0 Å². The lowest BCUT2D eigenvalue weighted by Crippen LogP contribution is -2.25. The minimum atomic E-state index is 0.483. The highest BCUT2D eigenvalue weighted by Crippen LogP contribution is 2.27. The van der Waals surface area contributed by atoms with Crippen LogP contribution in [0, 0.1) is 0 Å². The molecule has 1 aromatic carbocycles. The van der Waals surface area contributed by atoms with E-state index in [-0.39, 0.29) is 0 Å². The Hall–Kier alpha value is -1.32. The van der Waals surface area contributed by atoms with Crippen LogP contribution in [0.4, 0.5) is 0 Å². The van der Waals surface area contributed by atoms with Crippen molar-refractivity contribution in [1.82, 2.24) is 9.88 Å². The second kappa shape index (κ2) is 6.20. The maximum absolute atomic E-state index is 5.81. The summed E-state index contributed by atoms with van der Waals surface area (Å²) in [6.07, 6.45) is 7.73. The van der Waals surface area contributed by atoms with E-state index in [4.69, 9.17) is 5.73 Å². The first-order valence-corrected chi connectivity index (χ1v) is 8.25. The van der Waals surface area contributed by atoms with E-state index < -0.39 is 0 Å². The fourth-order valence-electron chi connectivity index (χ4n) is 3.45. The molecule has 1 aromatic heterocycles. The number of nitrogens with one attached hydrogen (secondary N) is 1. The number of nitrogens with zero attached hydrogens (tertiary/aromatic N) is 1. The van der Waals surface area contributed by atoms with Gasteiger partial charge in [0.2, 0.25) is 0 Å². The summed E-state index contributed by atoms with van der Waals surface area (Å²) in [6.45, 7) is 6.06. The Bertz CT molecular complexity index is 606. The zero-order valence-corrected chi connectivity index (χ0v) is 13.2. The molecule has 3 N–H and O–H groups in total. The minimum absolute atomic E-state index is 0.483. The molecule has 3 rings (SSSR count). The quantitative estimate of drug-likeness (QED) is 0.879. The number of benzene rings is 1. The van der Waals surface area contributed by atoms with E-state index in [9.17, 15) is 0 Å². The molecular weight excluding hydrogens is 258 g/mol. The fraction of sp³-hybridized carbons (Fsp3) is 0.556. The minimum Gasteiger partial charge on any atom is -0.345 e. The lowest BCUT2D eigenvalue weighted by atomic mass is 10.1. The number of rotatable bonds is 5. The highest BCUT2D eigenvalue weighted by molar-refractivity contribution is 5.85. The van der Waals surface area contributed by atoms with Gasteiger partial charge in [0.05, 0.1) is 0 Å². The van der Waals surface area contributed by atoms with Gasteiger partial charge in [-0.1, -0.05) is 18.9 Å². The Morgan fingerprint density at radius 2 is 2.05 bits per heavy atom. The predicted octanol–water partition coefficient (Wildman–Crippen LogP) is 3.71. The van der Waals surface area contributed by atoms with Crippen LogP contribution in [-0.4, -0.2) is 10.6 Å². The van der Waals surface area contributed by atoms with Crippen LogP contribution < -0.4 is 11.1 Å². The first kappa shape index (κ1) is 14.6. The summed E-state index contributed by atoms with van der Waals surface area (Å²) in [4.78, 5) is 0. The van der Waals surface area contributed by atoms with Crippen molar-refractivity contribution in [2.24, 2.45) is 5.73 Å². The standard InChI is InChI=1S/C18H27N3/c1-13(2)21-12-15(11-20-16-5-3-4-6-16)17-9-14(10-19)7-8-18(17)21/h7-9,12-13,16,20H,3-6,10-11,19H2,1-2H3. The van der Waals surface area contributed by atoms with Gasteiger partial charge in [-0.2, -0.15) is 0 Å². The van der Waals surface area contributed by atoms with E-state index in [0.29, 0.717) is 18.6 Å². The summed E-state index contributed by atoms with van der Waals surface area (Å²) in [7, 11) is 0. The Balaban J connectivity index is 1.91. The van der Waals surface area contributed by atoms with Crippen LogP contribution in [-0.2, 0) is 13.1 Å². The van der Waals surface area contributed by atoms with Gasteiger partial charge in [-0.25, -0.2) is 0 Å². The number of hydrogen-bond donors (Lipinski definition) is 2. The number of nitrogens with two attached hydrogens (primary N) is 1. The highest BCUT2D eigenvalue weighted by Gasteiger charge is 2.16. The van der Waals surface area contributed by atoms with Gasteiger partial charge in [-0.3, -0.25) is 0 Å². The third-order valence-corrected chi connectivity index (χ3v) is 4.71. The Labute approximate surface area is 127 Å². The van der Waals surface area contributed by atoms with Crippen molar-refractivity contribution >= 4 is 10.9 Å². The van der Waals surface area contributed by atoms with Crippen LogP contribution in [0.5, 0.6) is 0 Å². The number of fused-ring (bicyclic) bond motifs is 1. The molecule has 1 fully saturated rings. The molecule has 0 bridgehead atoms. The summed E-state index contributed by atoms with van der Waals surface area (Å²) in [5, 5.41) is 5.09. The predicted molar refractivity (Wildman–Crippen MR) is 89.3 cm³/mol. The highest BCUT2D eigenvalue weighted by atomic mass is 15.0. The van der Waals surface area contributed by atoms with Crippen LogP contribution in [0.1, 0.15) is 56.7 Å². The van der Waals surface area contributed by atoms with Gasteiger partial charge in [0.1, 0.15) is 0 Å². The zero-order valence-electron chi connectivity index (χ0n) is 13.2. The van der Waals surface area contributed by atoms with Crippen molar-refractivity contribution in [3.8, 4) is 0 Å². The van der Waals surface area contributed by atoms with E-state index in [2.05, 4.69) is 48.1 Å². The fourth-order valence-corrected chi connectivity index (χ4v) is 3.45. The first-order chi connectivity index (χ1) is 10.2. The molecule has 114 valence electrons. The van der Waals surface area contributed by atoms with Gasteiger partial charge in [0.25, 0.3) is 0 Å². The first-order valence-electron chi connectivity index (χ1n) is 8.25. The smallest absolute Gasteiger partial charge is 0.0486 e. The molecule has 3 heteroatoms. The monoisotopic (exact) mass is 285 g/mol. The average Bonchev–Trinajstić information content (AvgIpc) is 3.12. The zero-order chi connectivity index (χ0) is 14.8. The van der Waals surface area contributed by atoms with Gasteiger partial charge in [-0.05, 0) is 49.9 Å². The Kier molecular flexibility index (Phi) is 4.32. The Morgan fingerprint density at radius 3 is 2.71 bits per heavy atom. The van der Waals surface area contributed by atoms with Crippen LogP contribution >= 0.6 is 0 Å². The lowest BCUT2D eigenvalue weighted by Gasteiger charge is -2.11. The van der Waals surface area contributed by atoms with Crippen molar-refractivity contribution < 1.29 is 0 Å². The molecule has 1 aliphatic rings. The summed E-state index contributed by atoms with van der Waals surface area (Å²) >= 11 is 0. The maximum atomic E-state index is 5.81. The van der Waals surface area contributed by atoms with Gasteiger partial charge in [0.15, 0.2) is 0 Å². The molecule has 0 amide bonds. The largest absolute Gasteiger partial charge is 0.345 e. The van der Waals surface area contributed by atoms with E-state index in [0.717, 1.165) is 6.54 Å². The molecule has 1 heterocycles. The van der Waals surface area contributed by atoms with E-state index in [1.54, 1.807) is 0 Å². The molecule has 0 atom stereocenters. The summed E-state index contributed by atoms with van der Waals surface area (Å²) in [6, 6.07) is 7.82. The van der Waals surface area contributed by atoms with Crippen molar-refractivity contribution in [2.45, 2.75) is 64.7 Å². The molecule has 0 unspecified atom stereocenters. The Morgan fingerprint density at radius 1 is 1.29 bits per heavy atom. The molecular formula is C18H27N3. The molecule has 0 radical (unpaired) electrons. The number of aromatic nitrogens is 1. The summed E-state index contributed by atoms with van der Waals surface area (Å²) in [5.74, 6) is 0. The summed E-state index contributed by atoms with van der Waals surface area (Å²) < 4.78 is 2.38. The summed E-state index contributed by atoms with van der Waals surface area (Å²) in [5.41, 5.74) is 9.75. The van der Waals surface area contributed by atoms with E-state index in [1.165, 1.54) is 47.7 Å². The van der Waals surface area contributed by atoms with Crippen LogP contribution in [0.3, 0.4) is 0 Å². The molecule has 1 saturated carbocycles. The molecule has 0 spiro atoms. The molecule has 0 saturated heterocycles. The van der Waals surface area contributed by atoms with Gasteiger partial charge < -0.3 is 15.6 Å². The van der Waals surface area contributed by atoms with Crippen molar-refractivity contribution in [1.29, 1.82) is 0 Å². The topological polar surface area (TPSA) is 43.0 Å². The van der Waals surface area contributed by atoms with Crippen molar-refractivity contribution in [3.63, 3.8) is 0 Å². The van der Waals surface area contributed by atoms with Gasteiger partial charge in [-0.15, -0.1) is 0 Å². The van der Waals surface area contributed by atoms with Crippen LogP contribution in [0.2, 0.25) is 0 Å². The second-order valence-corrected chi connectivity index (χ2v) is 6.57. The van der Waals surface area contributed by atoms with Crippen molar-refractivity contribution in [3.05, 3.63) is 35.5 Å². The maximum Gasteiger partial charge on any atom is 0.0486 e. The third kappa shape index (κ3) is 2.99. The van der Waals surface area contributed by atoms with Gasteiger partial charge >= 0.3 is 0 Å². The number of hydrogen-bond acceptors (Lipinski definition) is 2. The van der Waals surface area contributed by atoms with Crippen LogP contribution in [0.25, 0.3) is 10.9 Å². The van der Waals surface area contributed by atoms with Crippen molar-refractivity contribution in [2.75, 3.05) is 0 Å². The lowest BCUT2D eigenvalue weighted by molar-refractivity contribution is 0.523. The van der Waals surface area contributed by atoms with E-state index >= 15 is 0 Å². The third-order valence-electron chi connectivity index (χ3n) is 4.71. The van der Waals surface area contributed by atoms with Gasteiger partial charge in [0, 0.05) is 42.3 Å². The van der Waals surface area contributed by atoms with Crippen LogP contribution in [0.15, 0.2) is 24.4 Å². The molecule has 3 nitrogen and oxygen atoms in total. The molecule has 1 aliphatic carbocycles. The molecule has 0 aliphatic heterocycles. The SMILES string of the molecule is CC(C)n1cc(CNC2CCCC2)c2cc(CN)ccc21. The molecule has 21 heavy (non-hydrogen) atoms. The normalized spacial score (nSPS) is 16.4.